The summed E-state index contributed by atoms with van der Waals surface area (Å²) in [5.41, 5.74) is 1.14. The fraction of sp³-hybridized carbons (Fsp3) is 0.417. The van der Waals surface area contributed by atoms with Gasteiger partial charge in [0.2, 0.25) is 5.91 Å². The van der Waals surface area contributed by atoms with Crippen molar-refractivity contribution in [2.24, 2.45) is 0 Å². The molecule has 5 nitrogen and oxygen atoms in total. The maximum Gasteiger partial charge on any atom is 0.261 e. The minimum absolute atomic E-state index is 0.00287. The first kappa shape index (κ1) is 15.9. The van der Waals surface area contributed by atoms with Crippen LogP contribution in [0, 0.1) is 6.92 Å². The van der Waals surface area contributed by atoms with E-state index >= 15 is 0 Å². The fourth-order valence-electron chi connectivity index (χ4n) is 1.36. The predicted molar refractivity (Wildman–Crippen MR) is 73.9 cm³/mol. The summed E-state index contributed by atoms with van der Waals surface area (Å²) in [4.78, 5) is 11.6. The number of ether oxygens (including phenoxy) is 1. The Kier molecular flexibility index (Phi) is 5.34. The first-order valence-electron chi connectivity index (χ1n) is 5.67. The fourth-order valence-corrected chi connectivity index (χ4v) is 2.19. The molecule has 0 aromatic heterocycles. The van der Waals surface area contributed by atoms with E-state index in [0.29, 0.717) is 11.3 Å². The van der Waals surface area contributed by atoms with Gasteiger partial charge in [-0.15, -0.1) is 0 Å². The van der Waals surface area contributed by atoms with Gasteiger partial charge in [-0.3, -0.25) is 4.79 Å². The number of carbonyl (C=O) groups is 1. The van der Waals surface area contributed by atoms with Crippen LogP contribution in [0.1, 0.15) is 19.4 Å². The Morgan fingerprint density at radius 2 is 2.05 bits per heavy atom. The number of benzene rings is 1. The van der Waals surface area contributed by atoms with Crippen molar-refractivity contribution in [3.8, 4) is 0 Å². The standard InChI is InChI=1S/C12H16ClNO4S/c1-8(2)18-7-12(15)14-11-5-4-10(6-9(11)3)19(13,16)17/h4-6,8H,7H2,1-3H3,(H,14,15). The van der Waals surface area contributed by atoms with Gasteiger partial charge in [0.05, 0.1) is 11.0 Å². The van der Waals surface area contributed by atoms with E-state index in [4.69, 9.17) is 15.4 Å². The Morgan fingerprint density at radius 3 is 2.53 bits per heavy atom. The highest BCUT2D eigenvalue weighted by Gasteiger charge is 2.12. The Balaban J connectivity index is 2.78. The number of amides is 1. The van der Waals surface area contributed by atoms with Gasteiger partial charge in [-0.25, -0.2) is 8.42 Å². The number of halogens is 1. The molecular formula is C12H16ClNO4S. The molecule has 1 aromatic rings. The van der Waals surface area contributed by atoms with Crippen molar-refractivity contribution in [3.05, 3.63) is 23.8 Å². The van der Waals surface area contributed by atoms with Crippen LogP contribution in [-0.4, -0.2) is 27.0 Å². The second-order valence-electron chi connectivity index (χ2n) is 4.32. The van der Waals surface area contributed by atoms with E-state index in [1.807, 2.05) is 13.8 Å². The summed E-state index contributed by atoms with van der Waals surface area (Å²) >= 11 is 0. The molecule has 0 bridgehead atoms. The zero-order valence-corrected chi connectivity index (χ0v) is 12.5. The highest BCUT2D eigenvalue weighted by Crippen LogP contribution is 2.22. The van der Waals surface area contributed by atoms with Crippen LogP contribution in [0.2, 0.25) is 0 Å². The second-order valence-corrected chi connectivity index (χ2v) is 6.89. The van der Waals surface area contributed by atoms with Crippen molar-refractivity contribution in [1.82, 2.24) is 0 Å². The molecule has 1 N–H and O–H groups in total. The van der Waals surface area contributed by atoms with E-state index in [0.717, 1.165) is 0 Å². The molecule has 0 radical (unpaired) electrons. The van der Waals surface area contributed by atoms with Gasteiger partial charge in [0.25, 0.3) is 9.05 Å². The van der Waals surface area contributed by atoms with Crippen molar-refractivity contribution in [2.75, 3.05) is 11.9 Å². The van der Waals surface area contributed by atoms with Gasteiger partial charge in [0.15, 0.2) is 0 Å². The highest BCUT2D eigenvalue weighted by molar-refractivity contribution is 8.13. The highest BCUT2D eigenvalue weighted by atomic mass is 35.7. The van der Waals surface area contributed by atoms with Crippen LogP contribution in [0.15, 0.2) is 23.1 Å². The summed E-state index contributed by atoms with van der Waals surface area (Å²) in [6, 6.07) is 4.24. The topological polar surface area (TPSA) is 72.5 Å². The van der Waals surface area contributed by atoms with Crippen LogP contribution >= 0.6 is 10.7 Å². The van der Waals surface area contributed by atoms with Gasteiger partial charge in [-0.1, -0.05) is 0 Å². The lowest BCUT2D eigenvalue weighted by atomic mass is 10.2. The third-order valence-corrected chi connectivity index (χ3v) is 3.65. The molecule has 19 heavy (non-hydrogen) atoms. The van der Waals surface area contributed by atoms with Gasteiger partial charge in [0, 0.05) is 16.4 Å². The van der Waals surface area contributed by atoms with Crippen molar-refractivity contribution in [3.63, 3.8) is 0 Å². The van der Waals surface area contributed by atoms with Crippen LogP contribution in [0.3, 0.4) is 0 Å². The number of anilines is 1. The van der Waals surface area contributed by atoms with Crippen LogP contribution in [-0.2, 0) is 18.6 Å². The molecular weight excluding hydrogens is 290 g/mol. The van der Waals surface area contributed by atoms with E-state index in [1.165, 1.54) is 18.2 Å². The SMILES string of the molecule is Cc1cc(S(=O)(=O)Cl)ccc1NC(=O)COC(C)C. The van der Waals surface area contributed by atoms with E-state index in [1.54, 1.807) is 6.92 Å². The van der Waals surface area contributed by atoms with E-state index < -0.39 is 9.05 Å². The summed E-state index contributed by atoms with van der Waals surface area (Å²) in [5, 5.41) is 2.64. The lowest BCUT2D eigenvalue weighted by Crippen LogP contribution is -2.21. The molecule has 7 heteroatoms. The Hall–Kier alpha value is -1.11. The largest absolute Gasteiger partial charge is 0.369 e. The van der Waals surface area contributed by atoms with Gasteiger partial charge in [-0.05, 0) is 44.5 Å². The lowest BCUT2D eigenvalue weighted by Gasteiger charge is -2.11. The number of hydrogen-bond acceptors (Lipinski definition) is 4. The third kappa shape index (κ3) is 5.18. The number of aryl methyl sites for hydroxylation is 1. The lowest BCUT2D eigenvalue weighted by molar-refractivity contribution is -0.121. The van der Waals surface area contributed by atoms with Crippen molar-refractivity contribution in [1.29, 1.82) is 0 Å². The molecule has 1 rings (SSSR count). The van der Waals surface area contributed by atoms with Crippen LogP contribution in [0.5, 0.6) is 0 Å². The number of nitrogens with one attached hydrogen (secondary N) is 1. The molecule has 1 amide bonds. The van der Waals surface area contributed by atoms with E-state index in [9.17, 15) is 13.2 Å². The number of carbonyl (C=O) groups excluding carboxylic acids is 1. The van der Waals surface area contributed by atoms with Crippen LogP contribution in [0.25, 0.3) is 0 Å². The van der Waals surface area contributed by atoms with Gasteiger partial charge < -0.3 is 10.1 Å². The zero-order chi connectivity index (χ0) is 14.6. The quantitative estimate of drug-likeness (QED) is 0.847. The first-order chi connectivity index (χ1) is 8.70. The average Bonchev–Trinajstić information content (AvgIpc) is 2.27. The van der Waals surface area contributed by atoms with E-state index in [2.05, 4.69) is 5.32 Å². The molecule has 0 aliphatic carbocycles. The molecule has 1 aromatic carbocycles. The predicted octanol–water partition coefficient (Wildman–Crippen LogP) is 2.29. The Morgan fingerprint density at radius 1 is 1.42 bits per heavy atom. The number of hydrogen-bond donors (Lipinski definition) is 1. The van der Waals surface area contributed by atoms with Crippen LogP contribution < -0.4 is 5.32 Å². The summed E-state index contributed by atoms with van der Waals surface area (Å²) in [7, 11) is 1.48. The van der Waals surface area contributed by atoms with Crippen LogP contribution in [0.4, 0.5) is 5.69 Å². The molecule has 0 unspecified atom stereocenters. The first-order valence-corrected chi connectivity index (χ1v) is 7.98. The van der Waals surface area contributed by atoms with Gasteiger partial charge in [0.1, 0.15) is 6.61 Å². The summed E-state index contributed by atoms with van der Waals surface area (Å²) in [6.45, 7) is 5.30. The molecule has 0 aliphatic rings. The molecule has 106 valence electrons. The molecule has 0 saturated carbocycles. The minimum Gasteiger partial charge on any atom is -0.369 e. The second kappa shape index (κ2) is 6.36. The van der Waals surface area contributed by atoms with Crippen molar-refractivity contribution in [2.45, 2.75) is 31.8 Å². The molecule has 0 spiro atoms. The molecule has 0 atom stereocenters. The monoisotopic (exact) mass is 305 g/mol. The van der Waals surface area contributed by atoms with E-state index in [-0.39, 0.29) is 23.5 Å². The normalized spacial score (nSPS) is 11.6. The smallest absolute Gasteiger partial charge is 0.261 e. The molecule has 0 fully saturated rings. The maximum absolute atomic E-state index is 11.6. The zero-order valence-electron chi connectivity index (χ0n) is 10.9. The van der Waals surface area contributed by atoms with Gasteiger partial charge >= 0.3 is 0 Å². The summed E-state index contributed by atoms with van der Waals surface area (Å²) in [6.07, 6.45) is -0.0318. The average molecular weight is 306 g/mol. The molecule has 0 heterocycles. The summed E-state index contributed by atoms with van der Waals surface area (Å²) < 4.78 is 27.5. The minimum atomic E-state index is -3.76. The van der Waals surface area contributed by atoms with Gasteiger partial charge in [-0.2, -0.15) is 0 Å². The number of rotatable bonds is 5. The third-order valence-electron chi connectivity index (χ3n) is 2.30. The Labute approximate surface area is 117 Å². The molecule has 0 saturated heterocycles. The van der Waals surface area contributed by atoms with Crippen molar-refractivity contribution < 1.29 is 17.9 Å². The van der Waals surface area contributed by atoms with Crippen molar-refractivity contribution >= 4 is 31.3 Å². The summed E-state index contributed by atoms with van der Waals surface area (Å²) in [5.74, 6) is -0.293. The molecule has 0 aliphatic heterocycles. The Bertz CT molecular complexity index is 569. The maximum atomic E-state index is 11.6.